The second-order valence-electron chi connectivity index (χ2n) is 8.20. The van der Waals surface area contributed by atoms with E-state index in [4.69, 9.17) is 28.0 Å². The van der Waals surface area contributed by atoms with Crippen molar-refractivity contribution in [3.05, 3.63) is 98.0 Å². The van der Waals surface area contributed by atoms with E-state index in [0.717, 1.165) is 0 Å². The van der Waals surface area contributed by atoms with Gasteiger partial charge >= 0.3 is 6.18 Å². The van der Waals surface area contributed by atoms with Crippen LogP contribution in [0.2, 0.25) is 10.2 Å². The van der Waals surface area contributed by atoms with Crippen LogP contribution in [0.25, 0.3) is 0 Å². The lowest BCUT2D eigenvalue weighted by Crippen LogP contribution is -2.43. The molecule has 1 atom stereocenters. The third-order valence-electron chi connectivity index (χ3n) is 5.78. The van der Waals surface area contributed by atoms with Gasteiger partial charge in [-0.2, -0.15) is 13.2 Å². The van der Waals surface area contributed by atoms with Gasteiger partial charge in [0.25, 0.3) is 11.5 Å². The molecule has 0 spiro atoms. The van der Waals surface area contributed by atoms with E-state index in [1.807, 2.05) is 0 Å². The normalized spacial score (nSPS) is 17.4. The van der Waals surface area contributed by atoms with Crippen molar-refractivity contribution in [1.29, 1.82) is 0 Å². The maximum Gasteiger partial charge on any atom is 0.435 e. The minimum atomic E-state index is -5.15. The topological polar surface area (TPSA) is 63.6 Å². The molecule has 194 valence electrons. The van der Waals surface area contributed by atoms with Crippen molar-refractivity contribution in [2.24, 2.45) is 5.16 Å². The Bertz CT molecular complexity index is 1410. The summed E-state index contributed by atoms with van der Waals surface area (Å²) in [6.45, 7) is 1.61. The van der Waals surface area contributed by atoms with E-state index in [2.05, 4.69) is 15.5 Å². The molecule has 0 fully saturated rings. The van der Waals surface area contributed by atoms with Crippen molar-refractivity contribution in [2.45, 2.75) is 31.7 Å². The van der Waals surface area contributed by atoms with Gasteiger partial charge in [0, 0.05) is 35.9 Å². The molecule has 1 aromatic heterocycles. The molecule has 13 heteroatoms. The zero-order valence-electron chi connectivity index (χ0n) is 18.7. The molecule has 0 saturated carbocycles. The van der Waals surface area contributed by atoms with Crippen LogP contribution in [0.15, 0.2) is 47.8 Å². The molecule has 1 N–H and O–H groups in total. The van der Waals surface area contributed by atoms with Crippen LogP contribution in [0.1, 0.15) is 39.0 Å². The van der Waals surface area contributed by atoms with E-state index in [1.165, 1.54) is 30.5 Å². The zero-order chi connectivity index (χ0) is 27.1. The van der Waals surface area contributed by atoms with Crippen LogP contribution >= 0.6 is 23.2 Å². The van der Waals surface area contributed by atoms with Crippen molar-refractivity contribution >= 4 is 34.8 Å². The van der Waals surface area contributed by atoms with Gasteiger partial charge < -0.3 is 10.2 Å². The second-order valence-corrected chi connectivity index (χ2v) is 8.99. The molecule has 1 amide bonds. The molecule has 4 rings (SSSR count). The molecule has 3 aromatic rings. The summed E-state index contributed by atoms with van der Waals surface area (Å²) in [5, 5.41) is 6.68. The number of rotatable bonds is 5. The average molecular weight is 562 g/mol. The molecular formula is C24H15Cl2F6N3O2. The van der Waals surface area contributed by atoms with Gasteiger partial charge in [-0.15, -0.1) is 0 Å². The molecule has 0 radical (unpaired) electrons. The first-order chi connectivity index (χ1) is 17.3. The number of aromatic nitrogens is 1. The summed E-state index contributed by atoms with van der Waals surface area (Å²) in [6.07, 6.45) is -4.68. The lowest BCUT2D eigenvalue weighted by Gasteiger charge is -2.29. The Morgan fingerprint density at radius 1 is 1.11 bits per heavy atom. The maximum absolute atomic E-state index is 14.1. The van der Waals surface area contributed by atoms with Crippen molar-refractivity contribution in [3.8, 4) is 0 Å². The fourth-order valence-electron chi connectivity index (χ4n) is 3.78. The quantitative estimate of drug-likeness (QED) is 0.216. The fourth-order valence-corrected chi connectivity index (χ4v) is 4.21. The Morgan fingerprint density at radius 2 is 1.78 bits per heavy atom. The predicted octanol–water partition coefficient (Wildman–Crippen LogP) is 6.63. The number of hydrogen-bond acceptors (Lipinski definition) is 4. The van der Waals surface area contributed by atoms with Crippen LogP contribution in [0.4, 0.5) is 26.3 Å². The number of alkyl halides is 3. The van der Waals surface area contributed by atoms with Gasteiger partial charge in [-0.3, -0.25) is 4.79 Å². The summed E-state index contributed by atoms with van der Waals surface area (Å²) in [4.78, 5) is 21.3. The number of amides is 1. The van der Waals surface area contributed by atoms with E-state index >= 15 is 0 Å². The van der Waals surface area contributed by atoms with Crippen LogP contribution in [0.3, 0.4) is 0 Å². The number of nitrogens with zero attached hydrogens (tertiary/aromatic N) is 2. The smallest absolute Gasteiger partial charge is 0.374 e. The Morgan fingerprint density at radius 3 is 2.38 bits per heavy atom. The number of nitrogens with one attached hydrogen (secondary N) is 1. The first-order valence-electron chi connectivity index (χ1n) is 10.5. The van der Waals surface area contributed by atoms with Gasteiger partial charge in [0.15, 0.2) is 17.5 Å². The molecule has 1 unspecified atom stereocenters. The number of oxime groups is 1. The van der Waals surface area contributed by atoms with Gasteiger partial charge in [-0.1, -0.05) is 34.4 Å². The lowest BCUT2D eigenvalue weighted by atomic mass is 9.86. The molecule has 37 heavy (non-hydrogen) atoms. The lowest BCUT2D eigenvalue weighted by molar-refractivity contribution is -0.276. The van der Waals surface area contributed by atoms with E-state index in [-0.39, 0.29) is 40.7 Å². The molecule has 0 aliphatic carbocycles. The van der Waals surface area contributed by atoms with Crippen LogP contribution in [0, 0.1) is 24.4 Å². The van der Waals surface area contributed by atoms with E-state index in [9.17, 15) is 31.1 Å². The van der Waals surface area contributed by atoms with Crippen LogP contribution in [-0.4, -0.2) is 22.8 Å². The van der Waals surface area contributed by atoms with Gasteiger partial charge in [0.2, 0.25) is 0 Å². The first-order valence-corrected chi connectivity index (χ1v) is 11.2. The number of pyridine rings is 1. The molecular weight excluding hydrogens is 547 g/mol. The summed E-state index contributed by atoms with van der Waals surface area (Å²) in [6, 6.07) is 6.04. The minimum absolute atomic E-state index is 0.0441. The van der Waals surface area contributed by atoms with E-state index in [0.29, 0.717) is 16.1 Å². The molecule has 0 bridgehead atoms. The molecule has 2 heterocycles. The van der Waals surface area contributed by atoms with Crippen molar-refractivity contribution in [1.82, 2.24) is 10.3 Å². The summed E-state index contributed by atoms with van der Waals surface area (Å²) in [7, 11) is 0. The Kier molecular flexibility index (Phi) is 7.13. The third kappa shape index (κ3) is 5.10. The van der Waals surface area contributed by atoms with Crippen molar-refractivity contribution in [3.63, 3.8) is 0 Å². The Hall–Kier alpha value is -3.31. The minimum Gasteiger partial charge on any atom is -0.374 e. The molecule has 0 saturated heterocycles. The first kappa shape index (κ1) is 26.7. The fraction of sp³-hybridized carbons (Fsp3) is 0.208. The monoisotopic (exact) mass is 561 g/mol. The highest BCUT2D eigenvalue weighted by molar-refractivity contribution is 6.34. The van der Waals surface area contributed by atoms with Gasteiger partial charge in [-0.05, 0) is 48.4 Å². The SMILES string of the molecule is Cc1cc(C2=NOC(c3cc(F)c(F)c(F)c3)(C(F)(F)F)C2)ccc1C(=O)NCc1cnc(Cl)cc1Cl. The average Bonchev–Trinajstić information content (AvgIpc) is 3.28. The van der Waals surface area contributed by atoms with Crippen molar-refractivity contribution in [2.75, 3.05) is 0 Å². The van der Waals surface area contributed by atoms with Crippen LogP contribution in [-0.2, 0) is 17.0 Å². The highest BCUT2D eigenvalue weighted by atomic mass is 35.5. The third-order valence-corrected chi connectivity index (χ3v) is 6.33. The number of carbonyl (C=O) groups is 1. The predicted molar refractivity (Wildman–Crippen MR) is 123 cm³/mol. The highest BCUT2D eigenvalue weighted by Gasteiger charge is 2.62. The summed E-state index contributed by atoms with van der Waals surface area (Å²) >= 11 is 11.8. The van der Waals surface area contributed by atoms with Gasteiger partial charge in [0.1, 0.15) is 5.15 Å². The van der Waals surface area contributed by atoms with Crippen molar-refractivity contribution < 1.29 is 36.0 Å². The summed E-state index contributed by atoms with van der Waals surface area (Å²) in [5.74, 6) is -5.98. The number of halogens is 8. The molecule has 5 nitrogen and oxygen atoms in total. The number of carbonyl (C=O) groups excluding carboxylic acids is 1. The summed E-state index contributed by atoms with van der Waals surface area (Å²) < 4.78 is 83.0. The standard InChI is InChI=1S/C24H15Cl2F6N3O2/c1-11-4-12(2-3-15(11)22(36)34-10-13-9-33-20(26)7-16(13)25)19-8-23(37-35-19,24(30,31)32)14-5-17(27)21(29)18(28)6-14/h2-7,9H,8,10H2,1H3,(H,34,36). The van der Waals surface area contributed by atoms with Crippen LogP contribution < -0.4 is 5.32 Å². The zero-order valence-corrected chi connectivity index (χ0v) is 20.2. The van der Waals surface area contributed by atoms with Crippen LogP contribution in [0.5, 0.6) is 0 Å². The number of hydrogen-bond donors (Lipinski definition) is 1. The van der Waals surface area contributed by atoms with E-state index in [1.54, 1.807) is 6.92 Å². The molecule has 1 aliphatic heterocycles. The maximum atomic E-state index is 14.1. The van der Waals surface area contributed by atoms with Gasteiger partial charge in [0.05, 0.1) is 10.7 Å². The summed E-state index contributed by atoms with van der Waals surface area (Å²) in [5.41, 5.74) is -3.05. The molecule has 2 aromatic carbocycles. The molecule has 1 aliphatic rings. The largest absolute Gasteiger partial charge is 0.435 e. The Labute approximate surface area is 216 Å². The number of benzene rings is 2. The highest BCUT2D eigenvalue weighted by Crippen LogP contribution is 2.49. The number of aryl methyl sites for hydroxylation is 1. The van der Waals surface area contributed by atoms with Gasteiger partial charge in [-0.25, -0.2) is 18.2 Å². The van der Waals surface area contributed by atoms with E-state index < -0.39 is 47.1 Å². The second kappa shape index (κ2) is 9.86. The Balaban J connectivity index is 1.55.